The largest absolute Gasteiger partial charge is 0.477 e. The van der Waals surface area contributed by atoms with Crippen molar-refractivity contribution in [2.45, 2.75) is 19.6 Å². The lowest BCUT2D eigenvalue weighted by atomic mass is 10.1. The zero-order valence-corrected chi connectivity index (χ0v) is 11.7. The molecule has 0 aliphatic rings. The predicted molar refractivity (Wildman–Crippen MR) is 72.6 cm³/mol. The molecular formula is C13H11F3N2O2S. The van der Waals surface area contributed by atoms with E-state index in [-0.39, 0.29) is 22.1 Å². The number of anilines is 1. The highest BCUT2D eigenvalue weighted by Crippen LogP contribution is 2.32. The molecule has 0 saturated carbocycles. The highest BCUT2D eigenvalue weighted by atomic mass is 32.1. The Hall–Kier alpha value is -2.09. The molecular weight excluding hydrogens is 305 g/mol. The van der Waals surface area contributed by atoms with Gasteiger partial charge in [-0.2, -0.15) is 13.2 Å². The number of alkyl halides is 3. The minimum absolute atomic E-state index is 0.0709. The number of hydrogen-bond acceptors (Lipinski definition) is 4. The Labute approximate surface area is 122 Å². The van der Waals surface area contributed by atoms with E-state index in [4.69, 9.17) is 5.11 Å². The molecule has 4 nitrogen and oxygen atoms in total. The predicted octanol–water partition coefficient (Wildman–Crippen LogP) is 3.78. The number of carboxylic acids is 1. The molecule has 0 fully saturated rings. The van der Waals surface area contributed by atoms with E-state index in [1.165, 1.54) is 25.1 Å². The number of carbonyl (C=O) groups is 1. The Bertz CT molecular complexity index is 668. The summed E-state index contributed by atoms with van der Waals surface area (Å²) in [6.45, 7) is 1.45. The Morgan fingerprint density at radius 3 is 2.62 bits per heavy atom. The van der Waals surface area contributed by atoms with E-state index in [2.05, 4.69) is 10.3 Å². The van der Waals surface area contributed by atoms with E-state index in [9.17, 15) is 18.0 Å². The van der Waals surface area contributed by atoms with Gasteiger partial charge in [0.2, 0.25) is 0 Å². The van der Waals surface area contributed by atoms with Crippen molar-refractivity contribution in [1.29, 1.82) is 0 Å². The number of thiazole rings is 1. The number of halogens is 3. The normalized spacial score (nSPS) is 11.4. The second-order valence-electron chi connectivity index (χ2n) is 4.25. The summed E-state index contributed by atoms with van der Waals surface area (Å²) in [5, 5.41) is 11.9. The second-order valence-corrected chi connectivity index (χ2v) is 5.25. The van der Waals surface area contributed by atoms with Gasteiger partial charge >= 0.3 is 12.1 Å². The van der Waals surface area contributed by atoms with Crippen LogP contribution < -0.4 is 5.32 Å². The molecule has 0 saturated heterocycles. The zero-order chi connectivity index (χ0) is 15.6. The van der Waals surface area contributed by atoms with Crippen molar-refractivity contribution < 1.29 is 23.1 Å². The number of rotatable bonds is 4. The van der Waals surface area contributed by atoms with Crippen LogP contribution in [-0.4, -0.2) is 16.1 Å². The SMILES string of the molecule is Cc1nc(NCc2ccccc2C(F)(F)F)sc1C(=O)O. The van der Waals surface area contributed by atoms with Gasteiger partial charge in [0.1, 0.15) is 4.88 Å². The summed E-state index contributed by atoms with van der Waals surface area (Å²) < 4.78 is 38.5. The van der Waals surface area contributed by atoms with Gasteiger partial charge in [-0.1, -0.05) is 29.5 Å². The number of carboxylic acid groups (broad SMARTS) is 1. The molecule has 2 rings (SSSR count). The lowest BCUT2D eigenvalue weighted by Crippen LogP contribution is -2.11. The average molecular weight is 316 g/mol. The van der Waals surface area contributed by atoms with Gasteiger partial charge in [-0.05, 0) is 18.6 Å². The smallest absolute Gasteiger partial charge is 0.416 e. The van der Waals surface area contributed by atoms with Gasteiger partial charge in [0.15, 0.2) is 5.13 Å². The number of nitrogens with zero attached hydrogens (tertiary/aromatic N) is 1. The molecule has 1 heterocycles. The van der Waals surface area contributed by atoms with Crippen LogP contribution in [0.4, 0.5) is 18.3 Å². The van der Waals surface area contributed by atoms with Gasteiger partial charge in [-0.25, -0.2) is 9.78 Å². The van der Waals surface area contributed by atoms with E-state index < -0.39 is 17.7 Å². The molecule has 2 N–H and O–H groups in total. The molecule has 0 amide bonds. The quantitative estimate of drug-likeness (QED) is 0.901. The highest BCUT2D eigenvalue weighted by Gasteiger charge is 2.32. The molecule has 2 aromatic rings. The van der Waals surface area contributed by atoms with Gasteiger partial charge in [0.05, 0.1) is 11.3 Å². The molecule has 0 bridgehead atoms. The van der Waals surface area contributed by atoms with Crippen LogP contribution in [0.25, 0.3) is 0 Å². The van der Waals surface area contributed by atoms with E-state index >= 15 is 0 Å². The summed E-state index contributed by atoms with van der Waals surface area (Å²) >= 11 is 0.897. The first-order valence-corrected chi connectivity index (χ1v) is 6.70. The molecule has 1 aromatic heterocycles. The summed E-state index contributed by atoms with van der Waals surface area (Å²) in [5.74, 6) is -1.10. The first kappa shape index (κ1) is 15.3. The third kappa shape index (κ3) is 3.52. The van der Waals surface area contributed by atoms with E-state index in [1.54, 1.807) is 0 Å². The first-order valence-electron chi connectivity index (χ1n) is 5.88. The summed E-state index contributed by atoms with van der Waals surface area (Å²) in [6.07, 6.45) is -4.43. The Morgan fingerprint density at radius 2 is 2.05 bits per heavy atom. The summed E-state index contributed by atoms with van der Waals surface area (Å²) in [7, 11) is 0. The fourth-order valence-corrected chi connectivity index (χ4v) is 2.59. The van der Waals surface area contributed by atoms with Crippen LogP contribution in [0.5, 0.6) is 0 Å². The van der Waals surface area contributed by atoms with Crippen molar-refractivity contribution in [3.8, 4) is 0 Å². The Kier molecular flexibility index (Phi) is 4.17. The first-order chi connectivity index (χ1) is 9.79. The van der Waals surface area contributed by atoms with Gasteiger partial charge in [-0.3, -0.25) is 0 Å². The lowest BCUT2D eigenvalue weighted by molar-refractivity contribution is -0.138. The number of hydrogen-bond donors (Lipinski definition) is 2. The maximum absolute atomic E-state index is 12.8. The van der Waals surface area contributed by atoms with E-state index in [0.717, 1.165) is 17.4 Å². The maximum Gasteiger partial charge on any atom is 0.416 e. The molecule has 0 unspecified atom stereocenters. The van der Waals surface area contributed by atoms with Crippen LogP contribution in [-0.2, 0) is 12.7 Å². The molecule has 8 heteroatoms. The topological polar surface area (TPSA) is 62.2 Å². The molecule has 1 aromatic carbocycles. The van der Waals surface area contributed by atoms with Crippen LogP contribution in [0.15, 0.2) is 24.3 Å². The summed E-state index contributed by atoms with van der Waals surface area (Å²) in [5.41, 5.74) is -0.307. The van der Waals surface area contributed by atoms with Crippen molar-refractivity contribution in [1.82, 2.24) is 4.98 Å². The summed E-state index contributed by atoms with van der Waals surface area (Å²) in [4.78, 5) is 14.9. The number of benzene rings is 1. The molecule has 0 aliphatic carbocycles. The van der Waals surface area contributed by atoms with Gasteiger partial charge in [0.25, 0.3) is 0 Å². The standard InChI is InChI=1S/C13H11F3N2O2S/c1-7-10(11(19)20)21-12(18-7)17-6-8-4-2-3-5-9(8)13(14,15)16/h2-5H,6H2,1H3,(H,17,18)(H,19,20). The third-order valence-electron chi connectivity index (χ3n) is 2.74. The van der Waals surface area contributed by atoms with Crippen molar-refractivity contribution in [3.05, 3.63) is 46.0 Å². The van der Waals surface area contributed by atoms with Gasteiger partial charge < -0.3 is 10.4 Å². The number of nitrogens with one attached hydrogen (secondary N) is 1. The van der Waals surface area contributed by atoms with Crippen LogP contribution >= 0.6 is 11.3 Å². The second kappa shape index (κ2) is 5.72. The van der Waals surface area contributed by atoms with Crippen LogP contribution in [0.3, 0.4) is 0 Å². The molecule has 21 heavy (non-hydrogen) atoms. The lowest BCUT2D eigenvalue weighted by Gasteiger charge is -2.12. The van der Waals surface area contributed by atoms with Crippen molar-refractivity contribution >= 4 is 22.4 Å². The minimum atomic E-state index is -4.43. The van der Waals surface area contributed by atoms with Crippen molar-refractivity contribution in [2.75, 3.05) is 5.32 Å². The molecule has 0 radical (unpaired) electrons. The number of aryl methyl sites for hydroxylation is 1. The minimum Gasteiger partial charge on any atom is -0.477 e. The van der Waals surface area contributed by atoms with Crippen molar-refractivity contribution in [2.24, 2.45) is 0 Å². The highest BCUT2D eigenvalue weighted by molar-refractivity contribution is 7.17. The fraction of sp³-hybridized carbons (Fsp3) is 0.231. The van der Waals surface area contributed by atoms with Crippen LogP contribution in [0, 0.1) is 6.92 Å². The molecule has 0 atom stereocenters. The zero-order valence-electron chi connectivity index (χ0n) is 10.9. The number of aromatic carboxylic acids is 1. The van der Waals surface area contributed by atoms with Crippen molar-refractivity contribution in [3.63, 3.8) is 0 Å². The number of aromatic nitrogens is 1. The Morgan fingerprint density at radius 1 is 1.38 bits per heavy atom. The summed E-state index contributed by atoms with van der Waals surface area (Å²) in [6, 6.07) is 5.21. The average Bonchev–Trinajstić information content (AvgIpc) is 2.77. The Balaban J connectivity index is 2.18. The van der Waals surface area contributed by atoms with Gasteiger partial charge in [0, 0.05) is 6.54 Å². The van der Waals surface area contributed by atoms with E-state index in [0.29, 0.717) is 5.69 Å². The molecule has 112 valence electrons. The molecule has 0 spiro atoms. The monoisotopic (exact) mass is 316 g/mol. The molecule has 0 aliphatic heterocycles. The third-order valence-corrected chi connectivity index (χ3v) is 3.85. The van der Waals surface area contributed by atoms with E-state index in [1.807, 2.05) is 0 Å². The fourth-order valence-electron chi connectivity index (χ4n) is 1.79. The maximum atomic E-state index is 12.8. The van der Waals surface area contributed by atoms with Crippen LogP contribution in [0.2, 0.25) is 0 Å². The van der Waals surface area contributed by atoms with Gasteiger partial charge in [-0.15, -0.1) is 0 Å². The van der Waals surface area contributed by atoms with Crippen LogP contribution in [0.1, 0.15) is 26.5 Å².